The minimum absolute atomic E-state index is 0.126. The van der Waals surface area contributed by atoms with E-state index in [1.807, 2.05) is 0 Å². The summed E-state index contributed by atoms with van der Waals surface area (Å²) in [5.41, 5.74) is 0. The van der Waals surface area contributed by atoms with Gasteiger partial charge in [-0.1, -0.05) is 0 Å². The van der Waals surface area contributed by atoms with Crippen molar-refractivity contribution in [3.63, 3.8) is 0 Å². The average molecular weight is 141 g/mol. The topological polar surface area (TPSA) is 36.0 Å². The molecule has 3 aliphatic heterocycles. The van der Waals surface area contributed by atoms with Gasteiger partial charge in [0, 0.05) is 6.04 Å². The first kappa shape index (κ1) is 5.52. The number of fused-ring (bicyclic) bond motifs is 5. The Balaban J connectivity index is 1.98. The van der Waals surface area contributed by atoms with E-state index in [-0.39, 0.29) is 6.10 Å². The number of aliphatic hydroxyl groups excluding tert-OH is 1. The maximum atomic E-state index is 9.47. The number of epoxide rings is 1. The van der Waals surface area contributed by atoms with Gasteiger partial charge >= 0.3 is 0 Å². The van der Waals surface area contributed by atoms with Crippen LogP contribution in [0, 0.1) is 0 Å². The fourth-order valence-electron chi connectivity index (χ4n) is 2.58. The van der Waals surface area contributed by atoms with Crippen LogP contribution in [0.1, 0.15) is 6.42 Å². The minimum Gasteiger partial charge on any atom is -0.391 e. The number of nitrogens with zero attached hydrogens (tertiary/aromatic N) is 1. The summed E-state index contributed by atoms with van der Waals surface area (Å²) in [6.45, 7) is 0. The minimum atomic E-state index is -0.126. The molecule has 3 rings (SSSR count). The third-order valence-electron chi connectivity index (χ3n) is 3.15. The maximum absolute atomic E-state index is 9.47. The Bertz CT molecular complexity index is 182. The average Bonchev–Trinajstić information content (AvgIpc) is 2.55. The summed E-state index contributed by atoms with van der Waals surface area (Å²) >= 11 is 0. The molecule has 0 radical (unpaired) electrons. The summed E-state index contributed by atoms with van der Waals surface area (Å²) in [6.07, 6.45) is 1.64. The molecule has 0 aliphatic carbocycles. The van der Waals surface area contributed by atoms with Crippen LogP contribution in [0.4, 0.5) is 0 Å². The number of likely N-dealkylation sites (N-methyl/N-ethyl adjacent to an activating group) is 1. The molecule has 2 bridgehead atoms. The van der Waals surface area contributed by atoms with Crippen molar-refractivity contribution in [1.29, 1.82) is 0 Å². The van der Waals surface area contributed by atoms with Crippen LogP contribution in [-0.2, 0) is 4.74 Å². The Labute approximate surface area is 59.6 Å². The van der Waals surface area contributed by atoms with Crippen LogP contribution in [0.2, 0.25) is 0 Å². The van der Waals surface area contributed by atoms with E-state index in [0.29, 0.717) is 24.3 Å². The van der Waals surface area contributed by atoms with Crippen molar-refractivity contribution in [3.05, 3.63) is 0 Å². The van der Waals surface area contributed by atoms with E-state index in [0.717, 1.165) is 6.42 Å². The standard InChI is InChI=1S/C7H11NO2/c1-8-3-2-4(9)5(8)7-6(3)10-7/h3-7,9H,2H2,1H3/t3?,4-,5?,6?,7-/m0/s1. The number of ether oxygens (including phenoxy) is 1. The largest absolute Gasteiger partial charge is 0.391 e. The summed E-state index contributed by atoms with van der Waals surface area (Å²) in [5, 5.41) is 9.47. The molecule has 10 heavy (non-hydrogen) atoms. The molecule has 0 aromatic carbocycles. The molecule has 0 aromatic heterocycles. The lowest BCUT2D eigenvalue weighted by atomic mass is 9.98. The second kappa shape index (κ2) is 1.40. The predicted molar refractivity (Wildman–Crippen MR) is 34.6 cm³/mol. The van der Waals surface area contributed by atoms with Crippen LogP contribution in [0.25, 0.3) is 0 Å². The van der Waals surface area contributed by atoms with Crippen LogP contribution >= 0.6 is 0 Å². The lowest BCUT2D eigenvalue weighted by Crippen LogP contribution is -2.34. The fourth-order valence-corrected chi connectivity index (χ4v) is 2.58. The Morgan fingerprint density at radius 2 is 2.30 bits per heavy atom. The first-order valence-electron chi connectivity index (χ1n) is 3.84. The van der Waals surface area contributed by atoms with Gasteiger partial charge < -0.3 is 9.84 Å². The normalized spacial score (nSPS) is 64.8. The molecule has 3 aliphatic rings. The van der Waals surface area contributed by atoms with Gasteiger partial charge in [-0.05, 0) is 13.5 Å². The van der Waals surface area contributed by atoms with Crippen molar-refractivity contribution in [2.75, 3.05) is 7.05 Å². The van der Waals surface area contributed by atoms with Gasteiger partial charge in [-0.2, -0.15) is 0 Å². The van der Waals surface area contributed by atoms with E-state index in [9.17, 15) is 5.11 Å². The van der Waals surface area contributed by atoms with Crippen molar-refractivity contribution in [2.45, 2.75) is 36.8 Å². The Morgan fingerprint density at radius 3 is 2.80 bits per heavy atom. The summed E-state index contributed by atoms with van der Waals surface area (Å²) in [5.74, 6) is 0. The van der Waals surface area contributed by atoms with E-state index in [1.54, 1.807) is 0 Å². The van der Waals surface area contributed by atoms with Crippen molar-refractivity contribution >= 4 is 0 Å². The monoisotopic (exact) mass is 141 g/mol. The Hall–Kier alpha value is -0.120. The molecule has 3 saturated heterocycles. The number of rotatable bonds is 0. The van der Waals surface area contributed by atoms with Gasteiger partial charge in [-0.25, -0.2) is 0 Å². The first-order valence-corrected chi connectivity index (χ1v) is 3.84. The molecule has 56 valence electrons. The predicted octanol–water partition coefficient (Wildman–Crippen LogP) is -0.799. The third kappa shape index (κ3) is 0.418. The Morgan fingerprint density at radius 1 is 1.50 bits per heavy atom. The molecular formula is C7H11NO2. The highest BCUT2D eigenvalue weighted by Gasteiger charge is 2.66. The number of hydrogen-bond donors (Lipinski definition) is 1. The molecule has 3 unspecified atom stereocenters. The highest BCUT2D eigenvalue weighted by molar-refractivity contribution is 5.18. The van der Waals surface area contributed by atoms with Gasteiger partial charge in [0.05, 0.1) is 12.1 Å². The van der Waals surface area contributed by atoms with E-state index >= 15 is 0 Å². The Kier molecular flexibility index (Phi) is 0.770. The summed E-state index contributed by atoms with van der Waals surface area (Å²) in [6, 6.07) is 0.833. The molecule has 3 heteroatoms. The molecule has 0 amide bonds. The zero-order valence-corrected chi connectivity index (χ0v) is 5.90. The van der Waals surface area contributed by atoms with Crippen molar-refractivity contribution < 1.29 is 9.84 Å². The SMILES string of the molecule is CN1C2C[C@H](O)C1[C@@H]1OC21. The van der Waals surface area contributed by atoms with Crippen LogP contribution in [0.5, 0.6) is 0 Å². The summed E-state index contributed by atoms with van der Waals surface area (Å²) in [7, 11) is 2.08. The van der Waals surface area contributed by atoms with Crippen LogP contribution in [-0.4, -0.2) is 47.4 Å². The molecular weight excluding hydrogens is 130 g/mol. The molecule has 3 nitrogen and oxygen atoms in total. The second-order valence-electron chi connectivity index (χ2n) is 3.59. The fraction of sp³-hybridized carbons (Fsp3) is 1.00. The maximum Gasteiger partial charge on any atom is 0.104 e. The van der Waals surface area contributed by atoms with Gasteiger partial charge in [-0.15, -0.1) is 0 Å². The molecule has 3 heterocycles. The molecule has 3 fully saturated rings. The lowest BCUT2D eigenvalue weighted by molar-refractivity contribution is 0.0994. The van der Waals surface area contributed by atoms with E-state index in [4.69, 9.17) is 4.74 Å². The van der Waals surface area contributed by atoms with Crippen LogP contribution in [0.3, 0.4) is 0 Å². The van der Waals surface area contributed by atoms with Crippen LogP contribution < -0.4 is 0 Å². The summed E-state index contributed by atoms with van der Waals surface area (Å²) < 4.78 is 5.38. The zero-order chi connectivity index (χ0) is 6.88. The van der Waals surface area contributed by atoms with Gasteiger partial charge in [-0.3, -0.25) is 4.90 Å². The van der Waals surface area contributed by atoms with E-state index < -0.39 is 0 Å². The number of morpholine rings is 1. The third-order valence-corrected chi connectivity index (χ3v) is 3.15. The highest BCUT2D eigenvalue weighted by atomic mass is 16.6. The van der Waals surface area contributed by atoms with Gasteiger partial charge in [0.15, 0.2) is 0 Å². The van der Waals surface area contributed by atoms with E-state index in [1.165, 1.54) is 0 Å². The molecule has 0 saturated carbocycles. The van der Waals surface area contributed by atoms with Gasteiger partial charge in [0.1, 0.15) is 12.2 Å². The van der Waals surface area contributed by atoms with Crippen molar-refractivity contribution in [1.82, 2.24) is 4.90 Å². The number of hydrogen-bond acceptors (Lipinski definition) is 3. The quantitative estimate of drug-likeness (QED) is 0.449. The van der Waals surface area contributed by atoms with Crippen molar-refractivity contribution in [2.24, 2.45) is 0 Å². The number of aliphatic hydroxyl groups is 1. The lowest BCUT2D eigenvalue weighted by Gasteiger charge is -2.18. The second-order valence-corrected chi connectivity index (χ2v) is 3.59. The molecule has 0 aromatic rings. The summed E-state index contributed by atoms with van der Waals surface area (Å²) in [4.78, 5) is 2.27. The smallest absolute Gasteiger partial charge is 0.104 e. The molecule has 0 spiro atoms. The van der Waals surface area contributed by atoms with Crippen LogP contribution in [0.15, 0.2) is 0 Å². The molecule has 1 N–H and O–H groups in total. The van der Waals surface area contributed by atoms with Crippen molar-refractivity contribution in [3.8, 4) is 0 Å². The van der Waals surface area contributed by atoms with Gasteiger partial charge in [0.2, 0.25) is 0 Å². The highest BCUT2D eigenvalue weighted by Crippen LogP contribution is 2.49. The first-order chi connectivity index (χ1) is 4.79. The van der Waals surface area contributed by atoms with E-state index in [2.05, 4.69) is 11.9 Å². The zero-order valence-electron chi connectivity index (χ0n) is 5.90. The van der Waals surface area contributed by atoms with Gasteiger partial charge in [0.25, 0.3) is 0 Å². The molecule has 5 atom stereocenters.